The second-order valence-corrected chi connectivity index (χ2v) is 8.70. The molecule has 1 aliphatic carbocycles. The summed E-state index contributed by atoms with van der Waals surface area (Å²) >= 11 is 1.14. The van der Waals surface area contributed by atoms with Crippen molar-refractivity contribution in [2.45, 2.75) is 57.5 Å². The third-order valence-corrected chi connectivity index (χ3v) is 6.43. The number of benzene rings is 1. The number of hydrogen-bond donors (Lipinski definition) is 1. The summed E-state index contributed by atoms with van der Waals surface area (Å²) in [6, 6.07) is 6.81. The SMILES string of the molecule is CCOC(=O)CSC1=Nc2ccccc2C2=N[C@@H](CC(=O)NC3CCCCC3)C(=O)N12. The zero-order valence-corrected chi connectivity index (χ0v) is 18.3. The van der Waals surface area contributed by atoms with Crippen molar-refractivity contribution in [2.75, 3.05) is 12.4 Å². The van der Waals surface area contributed by atoms with Crippen molar-refractivity contribution >= 4 is 46.2 Å². The summed E-state index contributed by atoms with van der Waals surface area (Å²) in [5, 5.41) is 3.44. The Balaban J connectivity index is 1.51. The van der Waals surface area contributed by atoms with Crippen LogP contribution in [0.15, 0.2) is 34.3 Å². The van der Waals surface area contributed by atoms with Crippen LogP contribution in [0.5, 0.6) is 0 Å². The molecule has 4 rings (SSSR count). The molecule has 2 aliphatic heterocycles. The highest BCUT2D eigenvalue weighted by Crippen LogP contribution is 2.34. The van der Waals surface area contributed by atoms with E-state index >= 15 is 0 Å². The summed E-state index contributed by atoms with van der Waals surface area (Å²) in [4.78, 5) is 48.2. The van der Waals surface area contributed by atoms with Crippen LogP contribution in [-0.2, 0) is 19.1 Å². The maximum atomic E-state index is 13.2. The van der Waals surface area contributed by atoms with E-state index in [1.54, 1.807) is 6.92 Å². The topological polar surface area (TPSA) is 100 Å². The minimum absolute atomic E-state index is 0.00727. The number of amidine groups is 2. The first-order valence-electron chi connectivity index (χ1n) is 10.7. The van der Waals surface area contributed by atoms with E-state index in [0.29, 0.717) is 23.3 Å². The number of fused-ring (bicyclic) bond motifs is 3. The quantitative estimate of drug-likeness (QED) is 0.683. The van der Waals surface area contributed by atoms with Crippen molar-refractivity contribution in [1.82, 2.24) is 10.2 Å². The van der Waals surface area contributed by atoms with Gasteiger partial charge >= 0.3 is 5.97 Å². The van der Waals surface area contributed by atoms with Crippen molar-refractivity contribution in [3.8, 4) is 0 Å². The van der Waals surface area contributed by atoms with E-state index in [1.807, 2.05) is 24.3 Å². The van der Waals surface area contributed by atoms with Gasteiger partial charge in [-0.2, -0.15) is 0 Å². The van der Waals surface area contributed by atoms with Crippen LogP contribution in [0.3, 0.4) is 0 Å². The smallest absolute Gasteiger partial charge is 0.316 e. The van der Waals surface area contributed by atoms with E-state index in [0.717, 1.165) is 43.0 Å². The van der Waals surface area contributed by atoms with Gasteiger partial charge in [-0.15, -0.1) is 0 Å². The maximum Gasteiger partial charge on any atom is 0.316 e. The van der Waals surface area contributed by atoms with Crippen LogP contribution in [-0.4, -0.2) is 58.1 Å². The summed E-state index contributed by atoms with van der Waals surface area (Å²) in [7, 11) is 0. The van der Waals surface area contributed by atoms with E-state index in [-0.39, 0.29) is 36.0 Å². The van der Waals surface area contributed by atoms with Crippen LogP contribution in [0.2, 0.25) is 0 Å². The number of nitrogens with one attached hydrogen (secondary N) is 1. The Morgan fingerprint density at radius 2 is 2.00 bits per heavy atom. The lowest BCUT2D eigenvalue weighted by Gasteiger charge is -2.25. The van der Waals surface area contributed by atoms with Gasteiger partial charge in [0.1, 0.15) is 11.9 Å². The van der Waals surface area contributed by atoms with E-state index < -0.39 is 6.04 Å². The van der Waals surface area contributed by atoms with E-state index in [4.69, 9.17) is 4.74 Å². The van der Waals surface area contributed by atoms with Crippen molar-refractivity contribution in [3.05, 3.63) is 29.8 Å². The number of carbonyl (C=O) groups excluding carboxylic acids is 3. The van der Waals surface area contributed by atoms with Gasteiger partial charge in [-0.25, -0.2) is 9.89 Å². The molecule has 2 amide bonds. The predicted molar refractivity (Wildman–Crippen MR) is 119 cm³/mol. The molecule has 164 valence electrons. The molecule has 0 bridgehead atoms. The predicted octanol–water partition coefficient (Wildman–Crippen LogP) is 2.78. The molecule has 1 atom stereocenters. The third-order valence-electron chi connectivity index (χ3n) is 5.52. The number of rotatable bonds is 6. The third kappa shape index (κ3) is 4.81. The molecule has 1 saturated carbocycles. The molecule has 2 heterocycles. The number of nitrogens with zero attached hydrogens (tertiary/aromatic N) is 3. The normalized spacial score (nSPS) is 20.5. The number of ether oxygens (including phenoxy) is 1. The fraction of sp³-hybridized carbons (Fsp3) is 0.500. The minimum Gasteiger partial charge on any atom is -0.465 e. The van der Waals surface area contributed by atoms with Crippen LogP contribution in [0.1, 0.15) is 51.0 Å². The van der Waals surface area contributed by atoms with Crippen LogP contribution in [0.25, 0.3) is 0 Å². The highest BCUT2D eigenvalue weighted by atomic mass is 32.2. The first kappa shape index (κ1) is 21.5. The Labute approximate surface area is 185 Å². The molecule has 1 N–H and O–H groups in total. The van der Waals surface area contributed by atoms with Gasteiger partial charge in [-0.3, -0.25) is 19.4 Å². The van der Waals surface area contributed by atoms with Gasteiger partial charge in [-0.05, 0) is 31.9 Å². The van der Waals surface area contributed by atoms with Crippen LogP contribution in [0, 0.1) is 0 Å². The zero-order chi connectivity index (χ0) is 21.8. The molecule has 9 heteroatoms. The number of esters is 1. The van der Waals surface area contributed by atoms with Crippen LogP contribution in [0.4, 0.5) is 5.69 Å². The lowest BCUT2D eigenvalue weighted by atomic mass is 9.95. The lowest BCUT2D eigenvalue weighted by Crippen LogP contribution is -2.43. The highest BCUT2D eigenvalue weighted by molar-refractivity contribution is 8.14. The summed E-state index contributed by atoms with van der Waals surface area (Å²) in [5.74, 6) is -0.294. The van der Waals surface area contributed by atoms with Crippen molar-refractivity contribution in [2.24, 2.45) is 9.98 Å². The van der Waals surface area contributed by atoms with Gasteiger partial charge in [0.2, 0.25) is 5.91 Å². The second-order valence-electron chi connectivity index (χ2n) is 7.75. The van der Waals surface area contributed by atoms with Gasteiger partial charge in [-0.1, -0.05) is 43.2 Å². The Hall–Kier alpha value is -2.68. The summed E-state index contributed by atoms with van der Waals surface area (Å²) in [5.41, 5.74) is 1.43. The summed E-state index contributed by atoms with van der Waals surface area (Å²) in [6.07, 6.45) is 5.43. The van der Waals surface area contributed by atoms with Gasteiger partial charge in [0, 0.05) is 11.6 Å². The highest BCUT2D eigenvalue weighted by Gasteiger charge is 2.42. The molecule has 0 unspecified atom stereocenters. The van der Waals surface area contributed by atoms with Gasteiger partial charge in [0.25, 0.3) is 5.91 Å². The molecule has 31 heavy (non-hydrogen) atoms. The fourth-order valence-corrected chi connectivity index (χ4v) is 4.87. The number of para-hydroxylation sites is 1. The monoisotopic (exact) mass is 442 g/mol. The van der Waals surface area contributed by atoms with Gasteiger partial charge < -0.3 is 10.1 Å². The van der Waals surface area contributed by atoms with E-state index in [9.17, 15) is 14.4 Å². The van der Waals surface area contributed by atoms with Gasteiger partial charge in [0.15, 0.2) is 5.17 Å². The molecule has 3 aliphatic rings. The Morgan fingerprint density at radius 1 is 1.23 bits per heavy atom. The molecule has 0 radical (unpaired) electrons. The molecule has 1 fully saturated rings. The summed E-state index contributed by atoms with van der Waals surface area (Å²) in [6.45, 7) is 2.04. The van der Waals surface area contributed by atoms with Crippen molar-refractivity contribution in [3.63, 3.8) is 0 Å². The molecule has 1 aromatic carbocycles. The average molecular weight is 443 g/mol. The average Bonchev–Trinajstić information content (AvgIpc) is 3.09. The molecule has 0 aromatic heterocycles. The lowest BCUT2D eigenvalue weighted by molar-refractivity contribution is -0.139. The first-order chi connectivity index (χ1) is 15.1. The van der Waals surface area contributed by atoms with Crippen molar-refractivity contribution < 1.29 is 19.1 Å². The molecule has 0 saturated heterocycles. The number of thioether (sulfide) groups is 1. The molecule has 1 aromatic rings. The van der Waals surface area contributed by atoms with Crippen LogP contribution >= 0.6 is 11.8 Å². The second kappa shape index (κ2) is 9.64. The number of amides is 2. The van der Waals surface area contributed by atoms with E-state index in [2.05, 4.69) is 15.3 Å². The molecule has 8 nitrogen and oxygen atoms in total. The standard InChI is InChI=1S/C22H26N4O4S/c1-2-30-19(28)13-31-22-25-16-11-7-6-10-15(16)20-24-17(21(29)26(20)22)12-18(27)23-14-8-4-3-5-9-14/h6-7,10-11,14,17H,2-5,8-9,12-13H2,1H3,(H,23,27)/t17-/m0/s1. The molecular weight excluding hydrogens is 416 g/mol. The fourth-order valence-electron chi connectivity index (χ4n) is 4.07. The molecular formula is C22H26N4O4S. The number of carbonyl (C=O) groups is 3. The Morgan fingerprint density at radius 3 is 2.77 bits per heavy atom. The number of aliphatic imine (C=N–C) groups is 2. The molecule has 0 spiro atoms. The summed E-state index contributed by atoms with van der Waals surface area (Å²) < 4.78 is 4.99. The first-order valence-corrected chi connectivity index (χ1v) is 11.7. The zero-order valence-electron chi connectivity index (χ0n) is 17.5. The Bertz CT molecular complexity index is 939. The Kier molecular flexibility index (Phi) is 6.70. The van der Waals surface area contributed by atoms with Crippen LogP contribution < -0.4 is 5.32 Å². The largest absolute Gasteiger partial charge is 0.465 e. The van der Waals surface area contributed by atoms with E-state index in [1.165, 1.54) is 11.3 Å². The van der Waals surface area contributed by atoms with Crippen molar-refractivity contribution in [1.29, 1.82) is 0 Å². The minimum atomic E-state index is -0.793. The maximum absolute atomic E-state index is 13.2. The number of hydrogen-bond acceptors (Lipinski definition) is 7. The van der Waals surface area contributed by atoms with Gasteiger partial charge in [0.05, 0.1) is 24.5 Å².